The number of nitrogens with zero attached hydrogens (tertiary/aromatic N) is 1. The quantitative estimate of drug-likeness (QED) is 0.720. The molecule has 144 valence electrons. The average Bonchev–Trinajstić information content (AvgIpc) is 2.66. The van der Waals surface area contributed by atoms with Gasteiger partial charge in [0.05, 0.1) is 11.6 Å². The molecule has 1 amide bonds. The molecule has 0 heterocycles. The first-order valence-corrected chi connectivity index (χ1v) is 9.15. The highest BCUT2D eigenvalue weighted by Gasteiger charge is 2.17. The summed E-state index contributed by atoms with van der Waals surface area (Å²) in [7, 11) is 3.86. The molecule has 1 N–H and O–H groups in total. The van der Waals surface area contributed by atoms with Crippen molar-refractivity contribution in [2.45, 2.75) is 26.3 Å². The van der Waals surface area contributed by atoms with E-state index in [9.17, 15) is 9.59 Å². The lowest BCUT2D eigenvalue weighted by atomic mass is 9.97. The lowest BCUT2D eigenvalue weighted by molar-refractivity contribution is -0.125. The Hall–Kier alpha value is -2.82. The number of esters is 1. The molecule has 0 aliphatic carbocycles. The van der Waals surface area contributed by atoms with Crippen LogP contribution in [0.1, 0.15) is 42.2 Å². The van der Waals surface area contributed by atoms with Crippen molar-refractivity contribution in [3.63, 3.8) is 0 Å². The van der Waals surface area contributed by atoms with Gasteiger partial charge in [-0.3, -0.25) is 4.79 Å². The largest absolute Gasteiger partial charge is 0.452 e. The summed E-state index contributed by atoms with van der Waals surface area (Å²) in [6.07, 6.45) is 0.815. The Kier molecular flexibility index (Phi) is 7.41. The van der Waals surface area contributed by atoms with Crippen molar-refractivity contribution in [3.05, 3.63) is 65.7 Å². The standard InChI is InChI=1S/C22H28N2O3/c1-16(2)14-20(17-8-6-5-7-9-17)23-21(25)15-27-22(26)18-10-12-19(13-11-18)24(3)4/h5-13,16,20H,14-15H2,1-4H3,(H,23,25)/t20-/m1/s1. The maximum Gasteiger partial charge on any atom is 0.338 e. The first-order valence-electron chi connectivity index (χ1n) is 9.15. The summed E-state index contributed by atoms with van der Waals surface area (Å²) < 4.78 is 5.17. The Bertz CT molecular complexity index is 740. The first-order chi connectivity index (χ1) is 12.9. The molecule has 0 aliphatic rings. The maximum atomic E-state index is 12.3. The third kappa shape index (κ3) is 6.44. The number of anilines is 1. The van der Waals surface area contributed by atoms with E-state index in [1.54, 1.807) is 12.1 Å². The maximum absolute atomic E-state index is 12.3. The van der Waals surface area contributed by atoms with Crippen LogP contribution in [0.2, 0.25) is 0 Å². The van der Waals surface area contributed by atoms with Gasteiger partial charge in [-0.15, -0.1) is 0 Å². The van der Waals surface area contributed by atoms with Gasteiger partial charge >= 0.3 is 5.97 Å². The van der Waals surface area contributed by atoms with Gasteiger partial charge in [-0.25, -0.2) is 4.79 Å². The topological polar surface area (TPSA) is 58.6 Å². The van der Waals surface area contributed by atoms with Crippen LogP contribution in [0.3, 0.4) is 0 Å². The fourth-order valence-electron chi connectivity index (χ4n) is 2.78. The monoisotopic (exact) mass is 368 g/mol. The second kappa shape index (κ2) is 9.76. The zero-order valence-electron chi connectivity index (χ0n) is 16.4. The van der Waals surface area contributed by atoms with Gasteiger partial charge in [0.2, 0.25) is 0 Å². The number of carbonyl (C=O) groups is 2. The highest BCUT2D eigenvalue weighted by atomic mass is 16.5. The van der Waals surface area contributed by atoms with Crippen molar-refractivity contribution in [2.75, 3.05) is 25.6 Å². The average molecular weight is 368 g/mol. The smallest absolute Gasteiger partial charge is 0.338 e. The van der Waals surface area contributed by atoms with Gasteiger partial charge in [0.25, 0.3) is 5.91 Å². The SMILES string of the molecule is CC(C)C[C@@H](NC(=O)COC(=O)c1ccc(N(C)C)cc1)c1ccccc1. The zero-order chi connectivity index (χ0) is 19.8. The Labute approximate surface area is 161 Å². The lowest BCUT2D eigenvalue weighted by Gasteiger charge is -2.21. The predicted molar refractivity (Wildman–Crippen MR) is 108 cm³/mol. The van der Waals surface area contributed by atoms with E-state index in [0.29, 0.717) is 11.5 Å². The van der Waals surface area contributed by atoms with Crippen LogP contribution < -0.4 is 10.2 Å². The summed E-state index contributed by atoms with van der Waals surface area (Å²) in [5, 5.41) is 2.97. The fourth-order valence-corrected chi connectivity index (χ4v) is 2.78. The van der Waals surface area contributed by atoms with E-state index < -0.39 is 5.97 Å². The molecule has 0 aromatic heterocycles. The van der Waals surface area contributed by atoms with E-state index in [0.717, 1.165) is 17.7 Å². The summed E-state index contributed by atoms with van der Waals surface area (Å²) in [5.41, 5.74) is 2.46. The Balaban J connectivity index is 1.92. The van der Waals surface area contributed by atoms with Crippen LogP contribution in [0.4, 0.5) is 5.69 Å². The highest BCUT2D eigenvalue weighted by Crippen LogP contribution is 2.21. The van der Waals surface area contributed by atoms with Crippen molar-refractivity contribution >= 4 is 17.6 Å². The number of rotatable bonds is 8. The molecule has 2 rings (SSSR count). The molecule has 0 fully saturated rings. The van der Waals surface area contributed by atoms with Gasteiger partial charge < -0.3 is 15.0 Å². The van der Waals surface area contributed by atoms with Gasteiger partial charge in [-0.1, -0.05) is 44.2 Å². The molecule has 1 atom stereocenters. The zero-order valence-corrected chi connectivity index (χ0v) is 16.4. The van der Waals surface area contributed by atoms with Crippen molar-refractivity contribution in [3.8, 4) is 0 Å². The second-order valence-electron chi connectivity index (χ2n) is 7.18. The second-order valence-corrected chi connectivity index (χ2v) is 7.18. The molecule has 2 aromatic carbocycles. The molecule has 0 saturated carbocycles. The minimum atomic E-state index is -0.504. The molecule has 2 aromatic rings. The third-order valence-electron chi connectivity index (χ3n) is 4.20. The molecular formula is C22H28N2O3. The van der Waals surface area contributed by atoms with E-state index in [1.165, 1.54) is 0 Å². The molecule has 0 aliphatic heterocycles. The van der Waals surface area contributed by atoms with Crippen LogP contribution in [0.5, 0.6) is 0 Å². The highest BCUT2D eigenvalue weighted by molar-refractivity contribution is 5.91. The summed E-state index contributed by atoms with van der Waals surface area (Å²) in [4.78, 5) is 26.4. The van der Waals surface area contributed by atoms with Crippen LogP contribution in [-0.2, 0) is 9.53 Å². The number of amides is 1. The molecule has 0 saturated heterocycles. The minimum Gasteiger partial charge on any atom is -0.452 e. The van der Waals surface area contributed by atoms with Crippen molar-refractivity contribution in [1.29, 1.82) is 0 Å². The number of hydrogen-bond donors (Lipinski definition) is 1. The van der Waals surface area contributed by atoms with E-state index in [2.05, 4.69) is 19.2 Å². The molecule has 0 radical (unpaired) electrons. The van der Waals surface area contributed by atoms with E-state index in [-0.39, 0.29) is 18.6 Å². The predicted octanol–water partition coefficient (Wildman–Crippen LogP) is 3.81. The van der Waals surface area contributed by atoms with E-state index in [1.807, 2.05) is 61.5 Å². The first kappa shape index (κ1) is 20.5. The molecule has 5 heteroatoms. The van der Waals surface area contributed by atoms with Crippen LogP contribution >= 0.6 is 0 Å². The van der Waals surface area contributed by atoms with Crippen molar-refractivity contribution < 1.29 is 14.3 Å². The Morgan fingerprint density at radius 2 is 1.63 bits per heavy atom. The third-order valence-corrected chi connectivity index (χ3v) is 4.20. The number of nitrogens with one attached hydrogen (secondary N) is 1. The molecule has 5 nitrogen and oxygen atoms in total. The number of ether oxygens (including phenoxy) is 1. The molecule has 27 heavy (non-hydrogen) atoms. The molecule has 0 unspecified atom stereocenters. The van der Waals surface area contributed by atoms with Crippen molar-refractivity contribution in [1.82, 2.24) is 5.32 Å². The van der Waals surface area contributed by atoms with Gasteiger partial charge in [0, 0.05) is 19.8 Å². The van der Waals surface area contributed by atoms with Crippen molar-refractivity contribution in [2.24, 2.45) is 5.92 Å². The summed E-state index contributed by atoms with van der Waals surface area (Å²) in [5.74, 6) is -0.383. The molecule has 0 spiro atoms. The summed E-state index contributed by atoms with van der Waals surface area (Å²) in [6, 6.07) is 16.8. The van der Waals surface area contributed by atoms with Gasteiger partial charge in [-0.05, 0) is 42.2 Å². The number of hydrogen-bond acceptors (Lipinski definition) is 4. The van der Waals surface area contributed by atoms with Crippen LogP contribution in [0.25, 0.3) is 0 Å². The Morgan fingerprint density at radius 1 is 1.00 bits per heavy atom. The fraction of sp³-hybridized carbons (Fsp3) is 0.364. The van der Waals surface area contributed by atoms with Crippen LogP contribution in [0, 0.1) is 5.92 Å². The number of carbonyl (C=O) groups excluding carboxylic acids is 2. The van der Waals surface area contributed by atoms with Gasteiger partial charge in [0.1, 0.15) is 0 Å². The summed E-state index contributed by atoms with van der Waals surface area (Å²) in [6.45, 7) is 3.93. The van der Waals surface area contributed by atoms with Crippen LogP contribution in [0.15, 0.2) is 54.6 Å². The normalized spacial score (nSPS) is 11.7. The lowest BCUT2D eigenvalue weighted by Crippen LogP contribution is -2.33. The van der Waals surface area contributed by atoms with E-state index in [4.69, 9.17) is 4.74 Å². The number of benzene rings is 2. The molecule has 0 bridgehead atoms. The Morgan fingerprint density at radius 3 is 2.19 bits per heavy atom. The van der Waals surface area contributed by atoms with Gasteiger partial charge in [0.15, 0.2) is 6.61 Å². The summed E-state index contributed by atoms with van der Waals surface area (Å²) >= 11 is 0. The minimum absolute atomic E-state index is 0.100. The van der Waals surface area contributed by atoms with Crippen LogP contribution in [-0.4, -0.2) is 32.6 Å². The molecular weight excluding hydrogens is 340 g/mol. The van der Waals surface area contributed by atoms with E-state index >= 15 is 0 Å². The van der Waals surface area contributed by atoms with Gasteiger partial charge in [-0.2, -0.15) is 0 Å².